The normalized spacial score (nSPS) is 11.6. The van der Waals surface area contributed by atoms with Crippen LogP contribution in [0.25, 0.3) is 0 Å². The molecule has 8 heteroatoms. The number of carbonyl (C=O) groups is 2. The molecule has 0 bridgehead atoms. The molecular weight excluding hydrogens is 373 g/mol. The van der Waals surface area contributed by atoms with E-state index in [4.69, 9.17) is 4.74 Å². The molecule has 2 aromatic carbocycles. The number of amides is 2. The molecule has 0 unspecified atom stereocenters. The lowest BCUT2D eigenvalue weighted by atomic mass is 9.90. The number of halogens is 3. The molecule has 0 heterocycles. The minimum absolute atomic E-state index is 0.0316. The van der Waals surface area contributed by atoms with Gasteiger partial charge in [-0.25, -0.2) is 0 Å². The van der Waals surface area contributed by atoms with E-state index in [1.165, 1.54) is 26.0 Å². The number of rotatable bonds is 6. The van der Waals surface area contributed by atoms with Crippen molar-refractivity contribution in [3.05, 3.63) is 59.7 Å². The van der Waals surface area contributed by atoms with Crippen molar-refractivity contribution in [3.63, 3.8) is 0 Å². The molecule has 0 aromatic heterocycles. The number of carbonyl (C=O) groups excluding carboxylic acids is 2. The van der Waals surface area contributed by atoms with Crippen LogP contribution >= 0.6 is 0 Å². The van der Waals surface area contributed by atoms with Gasteiger partial charge >= 0.3 is 6.18 Å². The van der Waals surface area contributed by atoms with Gasteiger partial charge in [-0.2, -0.15) is 13.2 Å². The Morgan fingerprint density at radius 1 is 1.00 bits per heavy atom. The Balaban J connectivity index is 2.01. The topological polar surface area (TPSA) is 67.4 Å². The van der Waals surface area contributed by atoms with E-state index in [1.807, 2.05) is 0 Å². The van der Waals surface area contributed by atoms with Crippen LogP contribution in [-0.4, -0.2) is 18.9 Å². The lowest BCUT2D eigenvalue weighted by Crippen LogP contribution is -2.44. The largest absolute Gasteiger partial charge is 0.497 e. The molecule has 2 rings (SSSR count). The van der Waals surface area contributed by atoms with Crippen molar-refractivity contribution < 1.29 is 27.5 Å². The SMILES string of the molecule is COc1ccc(CNC(=O)C(C)(C)C(=O)Nc2cccc(C(F)(F)F)c2)cc1. The fourth-order valence-electron chi connectivity index (χ4n) is 2.31. The van der Waals surface area contributed by atoms with Crippen molar-refractivity contribution in [3.8, 4) is 5.75 Å². The highest BCUT2D eigenvalue weighted by Crippen LogP contribution is 2.31. The first-order chi connectivity index (χ1) is 13.0. The lowest BCUT2D eigenvalue weighted by molar-refractivity contribution is -0.139. The van der Waals surface area contributed by atoms with Crippen molar-refractivity contribution in [2.45, 2.75) is 26.6 Å². The highest BCUT2D eigenvalue weighted by atomic mass is 19.4. The van der Waals surface area contributed by atoms with Crippen molar-refractivity contribution in [2.75, 3.05) is 12.4 Å². The van der Waals surface area contributed by atoms with Crippen molar-refractivity contribution in [2.24, 2.45) is 5.41 Å². The first kappa shape index (κ1) is 21.3. The molecule has 0 aliphatic heterocycles. The second kappa shape index (κ2) is 8.33. The fourth-order valence-corrected chi connectivity index (χ4v) is 2.31. The number of hydrogen-bond acceptors (Lipinski definition) is 3. The first-order valence-electron chi connectivity index (χ1n) is 8.44. The van der Waals surface area contributed by atoms with Gasteiger partial charge in [0.1, 0.15) is 11.2 Å². The van der Waals surface area contributed by atoms with Gasteiger partial charge in [0.15, 0.2) is 0 Å². The maximum absolute atomic E-state index is 12.8. The minimum Gasteiger partial charge on any atom is -0.497 e. The molecule has 2 N–H and O–H groups in total. The number of nitrogens with one attached hydrogen (secondary N) is 2. The highest BCUT2D eigenvalue weighted by molar-refractivity contribution is 6.09. The van der Waals surface area contributed by atoms with Crippen LogP contribution in [0.5, 0.6) is 5.75 Å². The van der Waals surface area contributed by atoms with Gasteiger partial charge in [-0.3, -0.25) is 9.59 Å². The molecular formula is C20H21F3N2O3. The standard InChI is InChI=1S/C20H21F3N2O3/c1-19(2,17(26)24-12-13-7-9-16(28-3)10-8-13)18(27)25-15-6-4-5-14(11-15)20(21,22)23/h4-11H,12H2,1-3H3,(H,24,26)(H,25,27). The number of ether oxygens (including phenoxy) is 1. The lowest BCUT2D eigenvalue weighted by Gasteiger charge is -2.23. The third-order valence-corrected chi connectivity index (χ3v) is 4.20. The summed E-state index contributed by atoms with van der Waals surface area (Å²) in [7, 11) is 1.54. The van der Waals surface area contributed by atoms with Gasteiger partial charge in [-0.1, -0.05) is 18.2 Å². The predicted octanol–water partition coefficient (Wildman–Crippen LogP) is 4.00. The maximum Gasteiger partial charge on any atom is 0.416 e. The fraction of sp³-hybridized carbons (Fsp3) is 0.300. The molecule has 150 valence electrons. The van der Waals surface area contributed by atoms with Crippen LogP contribution in [0.4, 0.5) is 18.9 Å². The van der Waals surface area contributed by atoms with Gasteiger partial charge in [0, 0.05) is 12.2 Å². The second-order valence-corrected chi connectivity index (χ2v) is 6.69. The summed E-state index contributed by atoms with van der Waals surface area (Å²) in [5.74, 6) is -0.581. The van der Waals surface area contributed by atoms with Crippen LogP contribution in [0.15, 0.2) is 48.5 Å². The summed E-state index contributed by atoms with van der Waals surface area (Å²) < 4.78 is 43.4. The summed E-state index contributed by atoms with van der Waals surface area (Å²) in [5.41, 5.74) is -1.59. The summed E-state index contributed by atoms with van der Waals surface area (Å²) >= 11 is 0. The van der Waals surface area contributed by atoms with Crippen molar-refractivity contribution >= 4 is 17.5 Å². The Bertz CT molecular complexity index is 847. The summed E-state index contributed by atoms with van der Waals surface area (Å²) in [6.45, 7) is 3.00. The van der Waals surface area contributed by atoms with E-state index >= 15 is 0 Å². The summed E-state index contributed by atoms with van der Waals surface area (Å²) in [6, 6.07) is 11.3. The van der Waals surface area contributed by atoms with E-state index in [1.54, 1.807) is 31.4 Å². The zero-order valence-electron chi connectivity index (χ0n) is 15.7. The van der Waals surface area contributed by atoms with Crippen LogP contribution < -0.4 is 15.4 Å². The molecule has 2 aromatic rings. The van der Waals surface area contributed by atoms with Gasteiger partial charge in [0.25, 0.3) is 0 Å². The molecule has 2 amide bonds. The summed E-state index contributed by atoms with van der Waals surface area (Å²) in [5, 5.41) is 5.03. The minimum atomic E-state index is -4.52. The molecule has 0 fully saturated rings. The van der Waals surface area contributed by atoms with Gasteiger partial charge in [0.2, 0.25) is 11.8 Å². The van der Waals surface area contributed by atoms with Gasteiger partial charge in [-0.05, 0) is 49.7 Å². The van der Waals surface area contributed by atoms with Crippen molar-refractivity contribution in [1.29, 1.82) is 0 Å². The molecule has 0 spiro atoms. The van der Waals surface area contributed by atoms with Crippen molar-refractivity contribution in [1.82, 2.24) is 5.32 Å². The number of hydrogen-bond donors (Lipinski definition) is 2. The molecule has 0 aliphatic rings. The molecule has 0 saturated carbocycles. The third kappa shape index (κ3) is 5.25. The molecule has 5 nitrogen and oxygen atoms in total. The molecule has 0 radical (unpaired) electrons. The number of anilines is 1. The van der Waals surface area contributed by atoms with Gasteiger partial charge in [-0.15, -0.1) is 0 Å². The number of methoxy groups -OCH3 is 1. The quantitative estimate of drug-likeness (QED) is 0.728. The number of alkyl halides is 3. The van der Waals surface area contributed by atoms with E-state index in [-0.39, 0.29) is 12.2 Å². The number of benzene rings is 2. The average Bonchev–Trinajstić information content (AvgIpc) is 2.65. The monoisotopic (exact) mass is 394 g/mol. The highest BCUT2D eigenvalue weighted by Gasteiger charge is 2.36. The molecule has 28 heavy (non-hydrogen) atoms. The van der Waals surface area contributed by atoms with Gasteiger partial charge < -0.3 is 15.4 Å². The second-order valence-electron chi connectivity index (χ2n) is 6.69. The smallest absolute Gasteiger partial charge is 0.416 e. The van der Waals surface area contributed by atoms with E-state index in [0.29, 0.717) is 5.75 Å². The molecule has 0 aliphatic carbocycles. The zero-order valence-corrected chi connectivity index (χ0v) is 15.7. The van der Waals surface area contributed by atoms with E-state index in [0.717, 1.165) is 17.7 Å². The molecule has 0 saturated heterocycles. The zero-order chi connectivity index (χ0) is 20.9. The van der Waals surface area contributed by atoms with Crippen LogP contribution in [0.2, 0.25) is 0 Å². The van der Waals surface area contributed by atoms with Crippen LogP contribution in [0.1, 0.15) is 25.0 Å². The van der Waals surface area contributed by atoms with E-state index in [9.17, 15) is 22.8 Å². The Morgan fingerprint density at radius 2 is 1.64 bits per heavy atom. The van der Waals surface area contributed by atoms with Crippen LogP contribution in [0.3, 0.4) is 0 Å². The Hall–Kier alpha value is -3.03. The van der Waals surface area contributed by atoms with Crippen LogP contribution in [0, 0.1) is 5.41 Å². The van der Waals surface area contributed by atoms with E-state index in [2.05, 4.69) is 10.6 Å². The molecule has 0 atom stereocenters. The predicted molar refractivity (Wildman–Crippen MR) is 98.7 cm³/mol. The Kier molecular flexibility index (Phi) is 6.33. The Labute approximate surface area is 160 Å². The summed E-state index contributed by atoms with van der Waals surface area (Å²) in [6.07, 6.45) is -4.52. The average molecular weight is 394 g/mol. The first-order valence-corrected chi connectivity index (χ1v) is 8.44. The summed E-state index contributed by atoms with van der Waals surface area (Å²) in [4.78, 5) is 24.9. The Morgan fingerprint density at radius 3 is 2.21 bits per heavy atom. The van der Waals surface area contributed by atoms with Gasteiger partial charge in [0.05, 0.1) is 12.7 Å². The maximum atomic E-state index is 12.8. The van der Waals surface area contributed by atoms with Crippen LogP contribution in [-0.2, 0) is 22.3 Å². The third-order valence-electron chi connectivity index (χ3n) is 4.20. The van der Waals surface area contributed by atoms with E-state index < -0.39 is 29.0 Å².